The van der Waals surface area contributed by atoms with Gasteiger partial charge >= 0.3 is 0 Å². The Morgan fingerprint density at radius 2 is 1.80 bits per heavy atom. The summed E-state index contributed by atoms with van der Waals surface area (Å²) in [4.78, 5) is 0. The van der Waals surface area contributed by atoms with Crippen molar-refractivity contribution in [2.24, 2.45) is 0 Å². The molecule has 1 rings (SSSR count). The van der Waals surface area contributed by atoms with Gasteiger partial charge < -0.3 is 0 Å². The van der Waals surface area contributed by atoms with Crippen LogP contribution in [0, 0.1) is 0 Å². The van der Waals surface area contributed by atoms with Crippen LogP contribution >= 0.6 is 11.8 Å². The normalized spacial score (nSPS) is 55.5. The first kappa shape index (κ1) is 8.17. The van der Waals surface area contributed by atoms with Crippen LogP contribution in [-0.2, 0) is 0 Å². The van der Waals surface area contributed by atoms with Crippen LogP contribution in [0.1, 0.15) is 6.92 Å². The number of rotatable bonds is 0. The smallest absolute Gasteiger partial charge is 0.185 e. The van der Waals surface area contributed by atoms with Gasteiger partial charge in [-0.15, -0.1) is 0 Å². The molecule has 0 saturated carbocycles. The lowest BCUT2D eigenvalue weighted by molar-refractivity contribution is 0.0255. The van der Waals surface area contributed by atoms with E-state index in [9.17, 15) is 17.6 Å². The fourth-order valence-electron chi connectivity index (χ4n) is 0.698. The zero-order valence-corrected chi connectivity index (χ0v) is 5.97. The average Bonchev–Trinajstić information content (AvgIpc) is 1.97. The molecule has 1 saturated heterocycles. The van der Waals surface area contributed by atoms with Crippen molar-refractivity contribution in [2.75, 3.05) is 0 Å². The zero-order valence-electron chi connectivity index (χ0n) is 5.15. The highest BCUT2D eigenvalue weighted by atomic mass is 32.2. The Morgan fingerprint density at radius 1 is 1.30 bits per heavy atom. The molecule has 1 aliphatic rings. The minimum atomic E-state index is -2.66. The van der Waals surface area contributed by atoms with E-state index in [1.54, 1.807) is 0 Å². The molecule has 1 fully saturated rings. The molecule has 0 spiro atoms. The summed E-state index contributed by atoms with van der Waals surface area (Å²) in [5, 5.41) is 0. The number of hydrogen-bond donors (Lipinski definition) is 0. The summed E-state index contributed by atoms with van der Waals surface area (Å²) in [6.45, 7) is 0.731. The van der Waals surface area contributed by atoms with Crippen molar-refractivity contribution in [3.05, 3.63) is 0 Å². The minimum absolute atomic E-state index is 0.0521. The van der Waals surface area contributed by atoms with Gasteiger partial charge in [-0.3, -0.25) is 0 Å². The van der Waals surface area contributed by atoms with E-state index >= 15 is 0 Å². The van der Waals surface area contributed by atoms with E-state index in [-0.39, 0.29) is 11.8 Å². The molecular formula is C5H6F4S. The molecule has 0 nitrogen and oxygen atoms in total. The molecule has 4 unspecified atom stereocenters. The second-order valence-electron chi connectivity index (χ2n) is 2.36. The molecule has 0 radical (unpaired) electrons. The van der Waals surface area contributed by atoms with Gasteiger partial charge in [0.25, 0.3) is 0 Å². The lowest BCUT2D eigenvalue weighted by Crippen LogP contribution is -2.35. The summed E-state index contributed by atoms with van der Waals surface area (Å²) in [6.07, 6.45) is -2.34. The molecular weight excluding hydrogens is 168 g/mol. The van der Waals surface area contributed by atoms with Gasteiger partial charge in [0, 0.05) is 0 Å². The van der Waals surface area contributed by atoms with Crippen LogP contribution in [0.2, 0.25) is 0 Å². The molecule has 0 aromatic rings. The van der Waals surface area contributed by atoms with E-state index in [1.165, 1.54) is 0 Å². The summed E-state index contributed by atoms with van der Waals surface area (Å²) in [6, 6.07) is 0. The van der Waals surface area contributed by atoms with Crippen molar-refractivity contribution >= 4 is 11.8 Å². The fraction of sp³-hybridized carbons (Fsp3) is 1.00. The van der Waals surface area contributed by atoms with E-state index in [0.717, 1.165) is 6.92 Å². The van der Waals surface area contributed by atoms with Crippen molar-refractivity contribution in [3.63, 3.8) is 0 Å². The summed E-state index contributed by atoms with van der Waals surface area (Å²) in [7, 11) is 0. The van der Waals surface area contributed by atoms with E-state index in [4.69, 9.17) is 0 Å². The fourth-order valence-corrected chi connectivity index (χ4v) is 1.73. The number of halogens is 4. The molecule has 0 N–H and O–H groups in total. The molecule has 10 heavy (non-hydrogen) atoms. The lowest BCUT2D eigenvalue weighted by Gasteiger charge is -2.16. The lowest BCUT2D eigenvalue weighted by atomic mass is 10.1. The molecule has 4 atom stereocenters. The van der Waals surface area contributed by atoms with Gasteiger partial charge in [-0.05, 0) is 6.92 Å². The highest BCUT2D eigenvalue weighted by Gasteiger charge is 2.56. The van der Waals surface area contributed by atoms with Gasteiger partial charge in [-0.1, -0.05) is 11.8 Å². The number of thioether (sulfide) groups is 1. The molecule has 1 aliphatic heterocycles. The van der Waals surface area contributed by atoms with E-state index < -0.39 is 22.8 Å². The van der Waals surface area contributed by atoms with Crippen molar-refractivity contribution < 1.29 is 17.6 Å². The predicted octanol–water partition coefficient (Wildman–Crippen LogP) is 2.39. The van der Waals surface area contributed by atoms with Crippen LogP contribution < -0.4 is 0 Å². The first-order valence-electron chi connectivity index (χ1n) is 2.73. The topological polar surface area (TPSA) is 0 Å². The van der Waals surface area contributed by atoms with E-state index in [2.05, 4.69) is 0 Å². The minimum Gasteiger partial charge on any atom is -0.240 e. The third-order valence-electron chi connectivity index (χ3n) is 1.46. The van der Waals surface area contributed by atoms with E-state index in [0.29, 0.717) is 0 Å². The first-order valence-corrected chi connectivity index (χ1v) is 3.67. The molecule has 1 heterocycles. The maximum atomic E-state index is 12.6. The summed E-state index contributed by atoms with van der Waals surface area (Å²) in [5.41, 5.74) is -6.81. The van der Waals surface area contributed by atoms with Crippen LogP contribution in [-0.4, -0.2) is 22.8 Å². The molecule has 0 aromatic heterocycles. The SMILES string of the molecule is CC1(F)C(F)SC(F)C1F. The molecule has 0 amide bonds. The number of hydrogen-bond acceptors (Lipinski definition) is 1. The zero-order chi connectivity index (χ0) is 7.94. The van der Waals surface area contributed by atoms with E-state index in [1.807, 2.05) is 0 Å². The Balaban J connectivity index is 2.75. The Bertz CT molecular complexity index is 138. The second kappa shape index (κ2) is 2.29. The van der Waals surface area contributed by atoms with Crippen molar-refractivity contribution in [2.45, 2.75) is 29.8 Å². The standard InChI is InChI=1S/C5H6F4S/c1-5(9)2(6)3(7)10-4(5)8/h2-4H,1H3. The van der Waals surface area contributed by atoms with Crippen molar-refractivity contribution in [1.82, 2.24) is 0 Å². The quantitative estimate of drug-likeness (QED) is 0.508. The maximum Gasteiger partial charge on any atom is 0.185 e. The monoisotopic (exact) mass is 174 g/mol. The molecule has 60 valence electrons. The molecule has 0 aliphatic carbocycles. The van der Waals surface area contributed by atoms with Crippen molar-refractivity contribution in [1.29, 1.82) is 0 Å². The highest BCUT2D eigenvalue weighted by molar-refractivity contribution is 8.00. The molecule has 0 bridgehead atoms. The van der Waals surface area contributed by atoms with Gasteiger partial charge in [-0.2, -0.15) is 0 Å². The highest BCUT2D eigenvalue weighted by Crippen LogP contribution is 2.46. The van der Waals surface area contributed by atoms with Gasteiger partial charge in [-0.25, -0.2) is 17.6 Å². The van der Waals surface area contributed by atoms with Crippen LogP contribution in [0.4, 0.5) is 17.6 Å². The molecule has 0 aromatic carbocycles. The van der Waals surface area contributed by atoms with Gasteiger partial charge in [0.05, 0.1) is 0 Å². The Hall–Kier alpha value is 0.0700. The Labute approximate surface area is 60.0 Å². The van der Waals surface area contributed by atoms with Gasteiger partial charge in [0.2, 0.25) is 0 Å². The largest absolute Gasteiger partial charge is 0.240 e. The number of alkyl halides is 4. The summed E-state index contributed by atoms with van der Waals surface area (Å²) in [5.74, 6) is 0. The molecule has 5 heteroatoms. The predicted molar refractivity (Wildman–Crippen MR) is 31.8 cm³/mol. The Kier molecular flexibility index (Phi) is 1.87. The summed E-state index contributed by atoms with van der Waals surface area (Å²) < 4.78 is 49.5. The second-order valence-corrected chi connectivity index (χ2v) is 3.49. The maximum absolute atomic E-state index is 12.6. The van der Waals surface area contributed by atoms with Crippen LogP contribution in [0.5, 0.6) is 0 Å². The van der Waals surface area contributed by atoms with Crippen molar-refractivity contribution in [3.8, 4) is 0 Å². The average molecular weight is 174 g/mol. The summed E-state index contributed by atoms with van der Waals surface area (Å²) >= 11 is 0.0521. The van der Waals surface area contributed by atoms with Gasteiger partial charge in [0.15, 0.2) is 22.8 Å². The Morgan fingerprint density at radius 3 is 1.90 bits per heavy atom. The van der Waals surface area contributed by atoms with Crippen LogP contribution in [0.25, 0.3) is 0 Å². The van der Waals surface area contributed by atoms with Crippen LogP contribution in [0.3, 0.4) is 0 Å². The third-order valence-corrected chi connectivity index (χ3v) is 2.66. The van der Waals surface area contributed by atoms with Gasteiger partial charge in [0.1, 0.15) is 0 Å². The third kappa shape index (κ3) is 1.00. The first-order chi connectivity index (χ1) is 4.46. The van der Waals surface area contributed by atoms with Crippen LogP contribution in [0.15, 0.2) is 0 Å².